The molecule has 3 aliphatic rings. The molecule has 2 aliphatic heterocycles. The summed E-state index contributed by atoms with van der Waals surface area (Å²) < 4.78 is 6.29. The van der Waals surface area contributed by atoms with Gasteiger partial charge in [-0.1, -0.05) is 0 Å². The Morgan fingerprint density at radius 3 is 2.92 bits per heavy atom. The van der Waals surface area contributed by atoms with Crippen LogP contribution in [-0.4, -0.2) is 59.5 Å². The summed E-state index contributed by atoms with van der Waals surface area (Å²) in [5.74, 6) is 2.46. The summed E-state index contributed by atoms with van der Waals surface area (Å²) in [6.07, 6.45) is 6.74. The highest BCUT2D eigenvalue weighted by atomic mass is 16.5. The van der Waals surface area contributed by atoms with Crippen LogP contribution < -0.4 is 4.74 Å². The van der Waals surface area contributed by atoms with E-state index in [0.29, 0.717) is 24.3 Å². The monoisotopic (exact) mass is 329 g/mol. The average Bonchev–Trinajstić information content (AvgIpc) is 3.28. The summed E-state index contributed by atoms with van der Waals surface area (Å²) in [7, 11) is 0. The molecule has 3 heterocycles. The summed E-state index contributed by atoms with van der Waals surface area (Å²) in [5, 5.41) is 0. The van der Waals surface area contributed by atoms with Crippen LogP contribution in [-0.2, 0) is 4.79 Å². The Labute approximate surface area is 144 Å². The molecular weight excluding hydrogens is 302 g/mol. The second-order valence-corrected chi connectivity index (χ2v) is 7.53. The molecule has 0 N–H and O–H groups in total. The van der Waals surface area contributed by atoms with Crippen LogP contribution in [0.1, 0.15) is 31.4 Å². The van der Waals surface area contributed by atoms with Crippen LogP contribution in [0.2, 0.25) is 0 Å². The van der Waals surface area contributed by atoms with Gasteiger partial charge in [0.25, 0.3) is 0 Å². The van der Waals surface area contributed by atoms with E-state index in [1.165, 1.54) is 6.42 Å². The minimum Gasteiger partial charge on any atom is -0.488 e. The molecule has 1 amide bonds. The topological polar surface area (TPSA) is 45.7 Å². The lowest BCUT2D eigenvalue weighted by Gasteiger charge is -2.23. The highest BCUT2D eigenvalue weighted by Crippen LogP contribution is 2.40. The number of fused-ring (bicyclic) bond motifs is 1. The Bertz CT molecular complexity index is 600. The number of aromatic nitrogens is 1. The van der Waals surface area contributed by atoms with Gasteiger partial charge < -0.3 is 9.64 Å². The number of pyridine rings is 1. The Kier molecular flexibility index (Phi) is 4.44. The fraction of sp³-hybridized carbons (Fsp3) is 0.684. The number of nitrogens with zero attached hydrogens (tertiary/aromatic N) is 3. The largest absolute Gasteiger partial charge is 0.488 e. The van der Waals surface area contributed by atoms with E-state index in [2.05, 4.69) is 9.88 Å². The van der Waals surface area contributed by atoms with Crippen molar-refractivity contribution in [2.45, 2.75) is 38.7 Å². The van der Waals surface area contributed by atoms with Crippen molar-refractivity contribution < 1.29 is 9.53 Å². The molecule has 130 valence electrons. The van der Waals surface area contributed by atoms with Gasteiger partial charge in [0.1, 0.15) is 11.9 Å². The molecule has 4 rings (SSSR count). The van der Waals surface area contributed by atoms with Crippen LogP contribution in [0.4, 0.5) is 0 Å². The molecule has 1 aromatic heterocycles. The van der Waals surface area contributed by atoms with Gasteiger partial charge in [0.2, 0.25) is 5.91 Å². The van der Waals surface area contributed by atoms with Crippen molar-refractivity contribution in [3.8, 4) is 5.75 Å². The smallest absolute Gasteiger partial charge is 0.236 e. The van der Waals surface area contributed by atoms with E-state index in [9.17, 15) is 4.79 Å². The fourth-order valence-electron chi connectivity index (χ4n) is 4.60. The SMILES string of the molecule is Cc1ncccc1O[C@@H]1CC[C@@H]2CN(CC(=O)N3CCCC3)C[C@@H]21. The molecule has 0 unspecified atom stereocenters. The van der Waals surface area contributed by atoms with Crippen molar-refractivity contribution in [3.63, 3.8) is 0 Å². The number of hydrogen-bond donors (Lipinski definition) is 0. The predicted molar refractivity (Wildman–Crippen MR) is 91.9 cm³/mol. The molecule has 24 heavy (non-hydrogen) atoms. The summed E-state index contributed by atoms with van der Waals surface area (Å²) in [4.78, 5) is 21.1. The first-order valence-corrected chi connectivity index (χ1v) is 9.29. The molecule has 3 atom stereocenters. The fourth-order valence-corrected chi connectivity index (χ4v) is 4.60. The third-order valence-corrected chi connectivity index (χ3v) is 5.92. The summed E-state index contributed by atoms with van der Waals surface area (Å²) in [6.45, 7) is 6.53. The Morgan fingerprint density at radius 2 is 2.12 bits per heavy atom. The van der Waals surface area contributed by atoms with Crippen LogP contribution in [0, 0.1) is 18.8 Å². The van der Waals surface area contributed by atoms with Gasteiger partial charge in [-0.15, -0.1) is 0 Å². The zero-order valence-electron chi connectivity index (χ0n) is 14.5. The van der Waals surface area contributed by atoms with Gasteiger partial charge in [0.05, 0.1) is 12.2 Å². The standard InChI is InChI=1S/C19H27N3O2/c1-14-17(5-4-8-20-14)24-18-7-6-15-11-21(12-16(15)18)13-19(23)22-9-2-3-10-22/h4-5,8,15-16,18H,2-3,6-7,9-13H2,1H3/t15-,16+,18-/m1/s1. The van der Waals surface area contributed by atoms with E-state index < -0.39 is 0 Å². The van der Waals surface area contributed by atoms with Crippen molar-refractivity contribution in [1.29, 1.82) is 0 Å². The molecule has 0 radical (unpaired) electrons. The number of amides is 1. The van der Waals surface area contributed by atoms with Gasteiger partial charge in [-0.2, -0.15) is 0 Å². The number of carbonyl (C=O) groups excluding carboxylic acids is 1. The summed E-state index contributed by atoms with van der Waals surface area (Å²) >= 11 is 0. The van der Waals surface area contributed by atoms with E-state index in [1.807, 2.05) is 24.0 Å². The molecule has 3 fully saturated rings. The first kappa shape index (κ1) is 15.9. The maximum Gasteiger partial charge on any atom is 0.236 e. The molecule has 2 saturated heterocycles. The third-order valence-electron chi connectivity index (χ3n) is 5.92. The second kappa shape index (κ2) is 6.71. The number of rotatable bonds is 4. The van der Waals surface area contributed by atoms with E-state index >= 15 is 0 Å². The van der Waals surface area contributed by atoms with Crippen LogP contribution in [0.25, 0.3) is 0 Å². The molecule has 0 spiro atoms. The van der Waals surface area contributed by atoms with Crippen LogP contribution >= 0.6 is 0 Å². The number of ether oxygens (including phenoxy) is 1. The lowest BCUT2D eigenvalue weighted by molar-refractivity contribution is -0.131. The minimum absolute atomic E-state index is 0.268. The second-order valence-electron chi connectivity index (χ2n) is 7.53. The van der Waals surface area contributed by atoms with Crippen molar-refractivity contribution in [2.75, 3.05) is 32.7 Å². The molecule has 5 nitrogen and oxygen atoms in total. The number of carbonyl (C=O) groups is 1. The number of hydrogen-bond acceptors (Lipinski definition) is 4. The maximum absolute atomic E-state index is 12.4. The Hall–Kier alpha value is -1.62. The molecule has 1 aliphatic carbocycles. The number of likely N-dealkylation sites (tertiary alicyclic amines) is 2. The zero-order chi connectivity index (χ0) is 16.5. The van der Waals surface area contributed by atoms with Gasteiger partial charge in [0.15, 0.2) is 0 Å². The highest BCUT2D eigenvalue weighted by molar-refractivity contribution is 5.78. The molecular formula is C19H27N3O2. The molecule has 0 bridgehead atoms. The van der Waals surface area contributed by atoms with Crippen LogP contribution in [0.5, 0.6) is 5.75 Å². The lowest BCUT2D eigenvalue weighted by atomic mass is 9.99. The zero-order valence-corrected chi connectivity index (χ0v) is 14.5. The summed E-state index contributed by atoms with van der Waals surface area (Å²) in [6, 6.07) is 3.95. The van der Waals surface area contributed by atoms with Crippen LogP contribution in [0.15, 0.2) is 18.3 Å². The quantitative estimate of drug-likeness (QED) is 0.849. The van der Waals surface area contributed by atoms with E-state index in [1.54, 1.807) is 6.20 Å². The van der Waals surface area contributed by atoms with E-state index in [-0.39, 0.29) is 6.10 Å². The minimum atomic E-state index is 0.268. The van der Waals surface area contributed by atoms with Crippen LogP contribution in [0.3, 0.4) is 0 Å². The van der Waals surface area contributed by atoms with Gasteiger partial charge >= 0.3 is 0 Å². The Morgan fingerprint density at radius 1 is 1.29 bits per heavy atom. The molecule has 0 aromatic carbocycles. The highest BCUT2D eigenvalue weighted by Gasteiger charge is 2.44. The Balaban J connectivity index is 1.35. The third kappa shape index (κ3) is 3.14. The van der Waals surface area contributed by atoms with E-state index in [4.69, 9.17) is 4.74 Å². The van der Waals surface area contributed by atoms with Gasteiger partial charge in [-0.25, -0.2) is 0 Å². The number of aryl methyl sites for hydroxylation is 1. The van der Waals surface area contributed by atoms with Gasteiger partial charge in [-0.05, 0) is 50.7 Å². The first-order valence-electron chi connectivity index (χ1n) is 9.29. The van der Waals surface area contributed by atoms with Gasteiger partial charge in [-0.3, -0.25) is 14.7 Å². The molecule has 1 saturated carbocycles. The van der Waals surface area contributed by atoms with Crippen molar-refractivity contribution in [1.82, 2.24) is 14.8 Å². The normalized spacial score (nSPS) is 29.9. The van der Waals surface area contributed by atoms with Crippen molar-refractivity contribution in [3.05, 3.63) is 24.0 Å². The average molecular weight is 329 g/mol. The summed E-state index contributed by atoms with van der Waals surface area (Å²) in [5.41, 5.74) is 0.958. The van der Waals surface area contributed by atoms with E-state index in [0.717, 1.165) is 56.9 Å². The van der Waals surface area contributed by atoms with Gasteiger partial charge in [0, 0.05) is 38.3 Å². The van der Waals surface area contributed by atoms with Crippen molar-refractivity contribution in [2.24, 2.45) is 11.8 Å². The maximum atomic E-state index is 12.4. The van der Waals surface area contributed by atoms with Crippen molar-refractivity contribution >= 4 is 5.91 Å². The predicted octanol–water partition coefficient (Wildman–Crippen LogP) is 2.10. The first-order chi connectivity index (χ1) is 11.7. The lowest BCUT2D eigenvalue weighted by Crippen LogP contribution is -2.39. The molecule has 5 heteroatoms. The molecule has 1 aromatic rings.